The average Bonchev–Trinajstić information content (AvgIpc) is 2.26. The molecule has 1 unspecified atom stereocenters. The summed E-state index contributed by atoms with van der Waals surface area (Å²) in [7, 11) is -1.71. The van der Waals surface area contributed by atoms with Crippen molar-refractivity contribution in [3.05, 3.63) is 12.2 Å². The van der Waals surface area contributed by atoms with E-state index in [0.29, 0.717) is 6.61 Å². The number of rotatable bonds is 3. The Morgan fingerprint density at radius 3 is 2.67 bits per heavy atom. The van der Waals surface area contributed by atoms with E-state index < -0.39 is 19.9 Å². The van der Waals surface area contributed by atoms with E-state index in [1.165, 1.54) is 0 Å². The lowest BCUT2D eigenvalue weighted by Gasteiger charge is -2.34. The molecule has 18 heavy (non-hydrogen) atoms. The lowest BCUT2D eigenvalue weighted by Crippen LogP contribution is -2.41. The number of hydrogen-bond acceptors (Lipinski definition) is 3. The molecule has 0 aromatic heterocycles. The van der Waals surface area contributed by atoms with Gasteiger partial charge in [-0.15, -0.1) is 0 Å². The van der Waals surface area contributed by atoms with Crippen molar-refractivity contribution < 1.29 is 14.0 Å². The second-order valence-corrected chi connectivity index (χ2v) is 9.80. The molecule has 0 fully saturated rings. The van der Waals surface area contributed by atoms with Crippen LogP contribution in [0.3, 0.4) is 0 Å². The average molecular weight is 266 g/mol. The molecule has 1 rings (SSSR count). The number of hydrogen-bond donors (Lipinski definition) is 0. The SMILES string of the molecule is CCOC(=O)C#CC1(O[Si](C)(C)C)C=CCCC1. The minimum Gasteiger partial charge on any atom is -0.456 e. The minimum atomic E-state index is -1.71. The van der Waals surface area contributed by atoms with E-state index in [9.17, 15) is 4.79 Å². The van der Waals surface area contributed by atoms with Crippen molar-refractivity contribution >= 4 is 14.3 Å². The van der Waals surface area contributed by atoms with Gasteiger partial charge in [-0.2, -0.15) is 0 Å². The molecular weight excluding hydrogens is 244 g/mol. The molecule has 0 N–H and O–H groups in total. The smallest absolute Gasteiger partial charge is 0.384 e. The predicted molar refractivity (Wildman–Crippen MR) is 74.6 cm³/mol. The Bertz CT molecular complexity index is 384. The maximum atomic E-state index is 11.3. The van der Waals surface area contributed by atoms with Crippen molar-refractivity contribution in [2.75, 3.05) is 6.61 Å². The van der Waals surface area contributed by atoms with Crippen molar-refractivity contribution in [2.45, 2.75) is 51.4 Å². The number of carbonyl (C=O) groups is 1. The molecule has 1 atom stereocenters. The van der Waals surface area contributed by atoms with Gasteiger partial charge in [-0.1, -0.05) is 12.0 Å². The largest absolute Gasteiger partial charge is 0.456 e. The lowest BCUT2D eigenvalue weighted by atomic mass is 9.92. The third kappa shape index (κ3) is 5.07. The summed E-state index contributed by atoms with van der Waals surface area (Å²) in [6.07, 6.45) is 7.03. The van der Waals surface area contributed by atoms with Gasteiger partial charge in [-0.3, -0.25) is 0 Å². The van der Waals surface area contributed by atoms with Gasteiger partial charge < -0.3 is 9.16 Å². The molecule has 0 heterocycles. The Kier molecular flexibility index (Phi) is 5.18. The van der Waals surface area contributed by atoms with Crippen LogP contribution in [0, 0.1) is 11.8 Å². The standard InChI is InChI=1S/C14H22O3Si/c1-5-16-13(15)9-12-14(17-18(2,3)4)10-7-6-8-11-14/h7,10H,5-6,8,11H2,1-4H3. The van der Waals surface area contributed by atoms with E-state index >= 15 is 0 Å². The lowest BCUT2D eigenvalue weighted by molar-refractivity contribution is -0.136. The van der Waals surface area contributed by atoms with Crippen LogP contribution in [0.25, 0.3) is 0 Å². The minimum absolute atomic E-state index is 0.352. The first-order valence-corrected chi connectivity index (χ1v) is 9.85. The zero-order chi connectivity index (χ0) is 13.6. The quantitative estimate of drug-likeness (QED) is 0.259. The molecule has 0 radical (unpaired) electrons. The highest BCUT2D eigenvalue weighted by atomic mass is 28.4. The fourth-order valence-electron chi connectivity index (χ4n) is 1.92. The number of ether oxygens (including phenoxy) is 1. The van der Waals surface area contributed by atoms with Crippen LogP contribution >= 0.6 is 0 Å². The molecule has 0 aromatic rings. The van der Waals surface area contributed by atoms with Gasteiger partial charge in [0.15, 0.2) is 8.32 Å². The summed E-state index contributed by atoms with van der Waals surface area (Å²) in [5, 5.41) is 0. The first kappa shape index (κ1) is 15.0. The van der Waals surface area contributed by atoms with Crippen molar-refractivity contribution in [2.24, 2.45) is 0 Å². The van der Waals surface area contributed by atoms with Crippen LogP contribution < -0.4 is 0 Å². The predicted octanol–water partition coefficient (Wildman–Crippen LogP) is 2.88. The molecule has 1 aliphatic carbocycles. The summed E-state index contributed by atoms with van der Waals surface area (Å²) in [6, 6.07) is 0. The normalized spacial score (nSPS) is 23.1. The van der Waals surface area contributed by atoms with Gasteiger partial charge in [0.1, 0.15) is 5.60 Å². The van der Waals surface area contributed by atoms with E-state index in [2.05, 4.69) is 37.6 Å². The zero-order valence-electron chi connectivity index (χ0n) is 11.7. The van der Waals surface area contributed by atoms with Crippen LogP contribution in [0.1, 0.15) is 26.2 Å². The van der Waals surface area contributed by atoms with E-state index in [1.54, 1.807) is 6.92 Å². The van der Waals surface area contributed by atoms with Crippen LogP contribution in [0.2, 0.25) is 19.6 Å². The summed E-state index contributed by atoms with van der Waals surface area (Å²) < 4.78 is 11.0. The van der Waals surface area contributed by atoms with Gasteiger partial charge in [0.05, 0.1) is 6.61 Å². The summed E-state index contributed by atoms with van der Waals surface area (Å²) in [6.45, 7) is 8.51. The molecule has 1 aliphatic rings. The summed E-state index contributed by atoms with van der Waals surface area (Å²) >= 11 is 0. The van der Waals surface area contributed by atoms with Gasteiger partial charge >= 0.3 is 5.97 Å². The first-order valence-electron chi connectivity index (χ1n) is 6.45. The molecule has 100 valence electrons. The fraction of sp³-hybridized carbons (Fsp3) is 0.643. The van der Waals surface area contributed by atoms with Gasteiger partial charge in [0.2, 0.25) is 0 Å². The molecule has 0 saturated carbocycles. The van der Waals surface area contributed by atoms with Crippen LogP contribution in [-0.4, -0.2) is 26.5 Å². The molecule has 0 bridgehead atoms. The van der Waals surface area contributed by atoms with E-state index in [-0.39, 0.29) is 0 Å². The Hall–Kier alpha value is -1.05. The molecule has 0 aliphatic heterocycles. The third-order valence-corrected chi connectivity index (χ3v) is 3.42. The molecule has 0 amide bonds. The van der Waals surface area contributed by atoms with E-state index in [4.69, 9.17) is 9.16 Å². The van der Waals surface area contributed by atoms with E-state index in [0.717, 1.165) is 19.3 Å². The van der Waals surface area contributed by atoms with Crippen LogP contribution in [-0.2, 0) is 14.0 Å². The van der Waals surface area contributed by atoms with Crippen LogP contribution in [0.4, 0.5) is 0 Å². The maximum absolute atomic E-state index is 11.3. The number of allylic oxidation sites excluding steroid dienone is 1. The van der Waals surface area contributed by atoms with Gasteiger partial charge in [0.25, 0.3) is 0 Å². The number of esters is 1. The molecule has 4 heteroatoms. The fourth-order valence-corrected chi connectivity index (χ4v) is 3.24. The van der Waals surface area contributed by atoms with Gasteiger partial charge in [0, 0.05) is 5.92 Å². The highest BCUT2D eigenvalue weighted by molar-refractivity contribution is 6.69. The summed E-state index contributed by atoms with van der Waals surface area (Å²) in [4.78, 5) is 11.3. The van der Waals surface area contributed by atoms with Crippen molar-refractivity contribution in [1.82, 2.24) is 0 Å². The van der Waals surface area contributed by atoms with Crippen LogP contribution in [0.15, 0.2) is 12.2 Å². The molecule has 0 saturated heterocycles. The van der Waals surface area contributed by atoms with Crippen molar-refractivity contribution in [3.63, 3.8) is 0 Å². The van der Waals surface area contributed by atoms with Crippen molar-refractivity contribution in [3.8, 4) is 11.8 Å². The Balaban J connectivity index is 2.88. The number of carbonyl (C=O) groups excluding carboxylic acids is 1. The summed E-state index contributed by atoms with van der Waals surface area (Å²) in [5.41, 5.74) is -0.588. The molecule has 3 nitrogen and oxygen atoms in total. The van der Waals surface area contributed by atoms with Crippen LogP contribution in [0.5, 0.6) is 0 Å². The second-order valence-electron chi connectivity index (χ2n) is 5.37. The van der Waals surface area contributed by atoms with Crippen molar-refractivity contribution in [1.29, 1.82) is 0 Å². The maximum Gasteiger partial charge on any atom is 0.384 e. The monoisotopic (exact) mass is 266 g/mol. The highest BCUT2D eigenvalue weighted by Gasteiger charge is 2.33. The third-order valence-electron chi connectivity index (χ3n) is 2.45. The Morgan fingerprint density at radius 2 is 2.17 bits per heavy atom. The zero-order valence-corrected chi connectivity index (χ0v) is 12.7. The Labute approximate surface area is 111 Å². The van der Waals surface area contributed by atoms with Gasteiger partial charge in [-0.05, 0) is 51.9 Å². The van der Waals surface area contributed by atoms with E-state index in [1.807, 2.05) is 6.08 Å². The Morgan fingerprint density at radius 1 is 1.44 bits per heavy atom. The molecule has 0 spiro atoms. The topological polar surface area (TPSA) is 35.5 Å². The highest BCUT2D eigenvalue weighted by Crippen LogP contribution is 2.29. The second kappa shape index (κ2) is 6.21. The molecular formula is C14H22O3Si. The first-order chi connectivity index (χ1) is 8.37. The summed E-state index contributed by atoms with van der Waals surface area (Å²) in [5.74, 6) is 5.05. The van der Waals surface area contributed by atoms with Gasteiger partial charge in [-0.25, -0.2) is 4.79 Å². The molecule has 0 aromatic carbocycles.